The van der Waals surface area contributed by atoms with Crippen molar-refractivity contribution in [1.82, 2.24) is 5.32 Å². The third kappa shape index (κ3) is 4.54. The summed E-state index contributed by atoms with van der Waals surface area (Å²) in [4.78, 5) is 27.0. The third-order valence-corrected chi connectivity index (χ3v) is 5.89. The monoisotopic (exact) mass is 364 g/mol. The lowest BCUT2D eigenvalue weighted by atomic mass is 10.1. The van der Waals surface area contributed by atoms with E-state index in [0.29, 0.717) is 31.2 Å². The smallest absolute Gasteiger partial charge is 0.294 e. The fourth-order valence-electron chi connectivity index (χ4n) is 2.99. The highest BCUT2D eigenvalue weighted by atomic mass is 32.2. The van der Waals surface area contributed by atoms with Gasteiger partial charge in [0.15, 0.2) is 0 Å². The summed E-state index contributed by atoms with van der Waals surface area (Å²) in [7, 11) is 0. The van der Waals surface area contributed by atoms with E-state index in [-0.39, 0.29) is 17.2 Å². The average Bonchev–Trinajstić information content (AvgIpc) is 2.61. The van der Waals surface area contributed by atoms with Gasteiger partial charge in [0.25, 0.3) is 11.8 Å². The van der Waals surface area contributed by atoms with Crippen LogP contribution < -0.4 is 15.5 Å². The number of hydrogen-bond donors (Lipinski definition) is 3. The molecule has 0 radical (unpaired) electrons. The Morgan fingerprint density at radius 1 is 1.40 bits per heavy atom. The summed E-state index contributed by atoms with van der Waals surface area (Å²) in [5, 5.41) is 5.76. The second-order valence-corrected chi connectivity index (χ2v) is 8.05. The van der Waals surface area contributed by atoms with Crippen LogP contribution >= 0.6 is 11.8 Å². The number of nitrogens with one attached hydrogen (secondary N) is 3. The highest BCUT2D eigenvalue weighted by molar-refractivity contribution is 8.00. The van der Waals surface area contributed by atoms with Crippen molar-refractivity contribution in [2.24, 2.45) is 5.92 Å². The lowest BCUT2D eigenvalue weighted by Crippen LogP contribution is -3.18. The number of amides is 2. The molecule has 0 saturated carbocycles. The van der Waals surface area contributed by atoms with Crippen molar-refractivity contribution < 1.29 is 19.2 Å². The standard InChI is InChI=1S/C18H25N3O3S/c1-12(2)5-6-19-16(22)13-3-4-15-14(11-13)20-17(23)18(25-15)21-7-9-24-10-8-21/h3-4,11-12,18H,5-10H2,1-2H3,(H,19,22)(H,20,23)/p+1. The molecule has 0 bridgehead atoms. The van der Waals surface area contributed by atoms with Crippen LogP contribution in [0.25, 0.3) is 0 Å². The van der Waals surface area contributed by atoms with Gasteiger partial charge in [-0.1, -0.05) is 25.6 Å². The van der Waals surface area contributed by atoms with Crippen molar-refractivity contribution in [3.63, 3.8) is 0 Å². The van der Waals surface area contributed by atoms with Gasteiger partial charge in [-0.2, -0.15) is 0 Å². The SMILES string of the molecule is CC(C)CCNC(=O)c1ccc2c(c1)NC(=O)C([NH+]1CCOCC1)S2. The Hall–Kier alpha value is -1.57. The zero-order chi connectivity index (χ0) is 17.8. The van der Waals surface area contributed by atoms with Gasteiger partial charge in [0.05, 0.1) is 18.9 Å². The molecule has 3 N–H and O–H groups in total. The van der Waals surface area contributed by atoms with E-state index < -0.39 is 0 Å². The molecular weight excluding hydrogens is 338 g/mol. The number of fused-ring (bicyclic) bond motifs is 1. The Morgan fingerprint density at radius 3 is 2.88 bits per heavy atom. The van der Waals surface area contributed by atoms with Gasteiger partial charge in [0.1, 0.15) is 13.1 Å². The number of hydrogen-bond acceptors (Lipinski definition) is 4. The molecule has 0 aliphatic carbocycles. The molecule has 0 spiro atoms. The van der Waals surface area contributed by atoms with Crippen molar-refractivity contribution in [1.29, 1.82) is 0 Å². The van der Waals surface area contributed by atoms with Gasteiger partial charge < -0.3 is 20.3 Å². The van der Waals surface area contributed by atoms with E-state index in [1.54, 1.807) is 17.8 Å². The molecule has 1 atom stereocenters. The van der Waals surface area contributed by atoms with E-state index >= 15 is 0 Å². The summed E-state index contributed by atoms with van der Waals surface area (Å²) < 4.78 is 5.38. The largest absolute Gasteiger partial charge is 0.370 e. The first-order chi connectivity index (χ1) is 12.0. The molecule has 3 rings (SSSR count). The molecule has 1 aromatic carbocycles. The molecule has 6 nitrogen and oxygen atoms in total. The van der Waals surface area contributed by atoms with Crippen LogP contribution in [-0.2, 0) is 9.53 Å². The van der Waals surface area contributed by atoms with Crippen molar-refractivity contribution in [3.8, 4) is 0 Å². The zero-order valence-corrected chi connectivity index (χ0v) is 15.6. The number of morpholine rings is 1. The Bertz CT molecular complexity index is 644. The minimum Gasteiger partial charge on any atom is -0.370 e. The fourth-order valence-corrected chi connectivity index (χ4v) is 4.20. The van der Waals surface area contributed by atoms with Crippen LogP contribution in [0.4, 0.5) is 5.69 Å². The minimum atomic E-state index is -0.151. The number of quaternary nitrogens is 1. The topological polar surface area (TPSA) is 71.9 Å². The summed E-state index contributed by atoms with van der Waals surface area (Å²) in [5.74, 6) is 0.467. The summed E-state index contributed by atoms with van der Waals surface area (Å²) in [6.07, 6.45) is 0.952. The van der Waals surface area contributed by atoms with E-state index in [2.05, 4.69) is 24.5 Å². The molecule has 7 heteroatoms. The molecule has 25 heavy (non-hydrogen) atoms. The molecule has 1 saturated heterocycles. The van der Waals surface area contributed by atoms with Gasteiger partial charge in [-0.05, 0) is 30.5 Å². The van der Waals surface area contributed by atoms with Crippen LogP contribution in [0.1, 0.15) is 30.6 Å². The number of benzene rings is 1. The molecular formula is C18H26N3O3S+. The van der Waals surface area contributed by atoms with Crippen LogP contribution in [0.3, 0.4) is 0 Å². The normalized spacial score (nSPS) is 20.9. The van der Waals surface area contributed by atoms with E-state index in [9.17, 15) is 9.59 Å². The summed E-state index contributed by atoms with van der Waals surface area (Å²) >= 11 is 1.58. The van der Waals surface area contributed by atoms with Crippen LogP contribution in [0.5, 0.6) is 0 Å². The zero-order valence-electron chi connectivity index (χ0n) is 14.8. The van der Waals surface area contributed by atoms with Crippen LogP contribution in [-0.4, -0.2) is 50.0 Å². The minimum absolute atomic E-state index is 0.00626. The van der Waals surface area contributed by atoms with Gasteiger partial charge in [-0.25, -0.2) is 0 Å². The second-order valence-electron chi connectivity index (χ2n) is 6.91. The Balaban J connectivity index is 1.66. The summed E-state index contributed by atoms with van der Waals surface area (Å²) in [6, 6.07) is 5.54. The second kappa shape index (κ2) is 8.21. The fraction of sp³-hybridized carbons (Fsp3) is 0.556. The Morgan fingerprint density at radius 2 is 2.16 bits per heavy atom. The maximum absolute atomic E-state index is 12.5. The van der Waals surface area contributed by atoms with Gasteiger partial charge >= 0.3 is 0 Å². The molecule has 136 valence electrons. The van der Waals surface area contributed by atoms with E-state index in [1.165, 1.54) is 4.90 Å². The predicted molar refractivity (Wildman–Crippen MR) is 98.0 cm³/mol. The van der Waals surface area contributed by atoms with Crippen molar-refractivity contribution >= 4 is 29.3 Å². The van der Waals surface area contributed by atoms with Crippen LogP contribution in [0, 0.1) is 5.92 Å². The van der Waals surface area contributed by atoms with Gasteiger partial charge in [-0.3, -0.25) is 9.59 Å². The average molecular weight is 364 g/mol. The molecule has 2 aliphatic heterocycles. The number of thioether (sulfide) groups is 1. The van der Waals surface area contributed by atoms with E-state index in [1.807, 2.05) is 12.1 Å². The summed E-state index contributed by atoms with van der Waals surface area (Å²) in [6.45, 7) is 8.00. The van der Waals surface area contributed by atoms with E-state index in [4.69, 9.17) is 4.74 Å². The lowest BCUT2D eigenvalue weighted by Gasteiger charge is -2.32. The number of anilines is 1. The number of rotatable bonds is 5. The molecule has 2 heterocycles. The highest BCUT2D eigenvalue weighted by Crippen LogP contribution is 2.34. The van der Waals surface area contributed by atoms with Crippen molar-refractivity contribution in [2.45, 2.75) is 30.5 Å². The van der Waals surface area contributed by atoms with Gasteiger partial charge in [0.2, 0.25) is 5.37 Å². The molecule has 1 unspecified atom stereocenters. The van der Waals surface area contributed by atoms with Gasteiger partial charge in [-0.15, -0.1) is 0 Å². The summed E-state index contributed by atoms with van der Waals surface area (Å²) in [5.41, 5.74) is 1.32. The molecule has 0 aromatic heterocycles. The maximum Gasteiger partial charge on any atom is 0.294 e. The van der Waals surface area contributed by atoms with E-state index in [0.717, 1.165) is 30.1 Å². The van der Waals surface area contributed by atoms with Crippen LogP contribution in [0.15, 0.2) is 23.1 Å². The molecule has 2 aliphatic rings. The quantitative estimate of drug-likeness (QED) is 0.721. The number of carbonyl (C=O) groups is 2. The van der Waals surface area contributed by atoms with Crippen molar-refractivity contribution in [2.75, 3.05) is 38.2 Å². The lowest BCUT2D eigenvalue weighted by molar-refractivity contribution is -0.909. The first kappa shape index (κ1) is 18.2. The van der Waals surface area contributed by atoms with Gasteiger partial charge in [0, 0.05) is 17.0 Å². The Kier molecular flexibility index (Phi) is 5.98. The first-order valence-corrected chi connectivity index (χ1v) is 9.74. The Labute approximate surface area is 152 Å². The van der Waals surface area contributed by atoms with Crippen LogP contribution in [0.2, 0.25) is 0 Å². The molecule has 1 fully saturated rings. The number of ether oxygens (including phenoxy) is 1. The number of carbonyl (C=O) groups excluding carboxylic acids is 2. The third-order valence-electron chi connectivity index (χ3n) is 4.50. The van der Waals surface area contributed by atoms with Crippen molar-refractivity contribution in [3.05, 3.63) is 23.8 Å². The maximum atomic E-state index is 12.5. The molecule has 2 amide bonds. The molecule has 1 aromatic rings. The highest BCUT2D eigenvalue weighted by Gasteiger charge is 2.36. The first-order valence-electron chi connectivity index (χ1n) is 8.86. The predicted octanol–water partition coefficient (Wildman–Crippen LogP) is 0.748.